The fourth-order valence-corrected chi connectivity index (χ4v) is 2.19. The normalized spacial score (nSPS) is 11.7. The number of rotatable bonds is 8. The molecular formula is C14H19NO4S. The van der Waals surface area contributed by atoms with E-state index in [4.69, 9.17) is 9.84 Å². The number of carbonyl (C=O) groups excluding carboxylic acids is 1. The summed E-state index contributed by atoms with van der Waals surface area (Å²) >= 11 is 1.28. The van der Waals surface area contributed by atoms with E-state index in [0.29, 0.717) is 12.3 Å². The lowest BCUT2D eigenvalue weighted by atomic mass is 10.0. The van der Waals surface area contributed by atoms with Gasteiger partial charge in [-0.3, -0.25) is 9.59 Å². The fraction of sp³-hybridized carbons (Fsp3) is 0.429. The van der Waals surface area contributed by atoms with Gasteiger partial charge in [-0.05, 0) is 24.6 Å². The summed E-state index contributed by atoms with van der Waals surface area (Å²) in [4.78, 5) is 22.3. The summed E-state index contributed by atoms with van der Waals surface area (Å²) in [7, 11) is 1.59. The number of hydrogen-bond donors (Lipinski definition) is 2. The maximum atomic E-state index is 12.0. The molecule has 0 fully saturated rings. The Hall–Kier alpha value is -1.69. The molecule has 1 atom stereocenters. The lowest BCUT2D eigenvalue weighted by Crippen LogP contribution is -2.30. The van der Waals surface area contributed by atoms with Gasteiger partial charge in [0, 0.05) is 12.3 Å². The summed E-state index contributed by atoms with van der Waals surface area (Å²) in [6.07, 6.45) is 0. The first-order valence-corrected chi connectivity index (χ1v) is 7.41. The van der Waals surface area contributed by atoms with Crippen LogP contribution in [0.25, 0.3) is 0 Å². The van der Waals surface area contributed by atoms with Crippen molar-refractivity contribution >= 4 is 23.6 Å². The Bertz CT molecular complexity index is 464. The lowest BCUT2D eigenvalue weighted by molar-refractivity contribution is -0.133. The summed E-state index contributed by atoms with van der Waals surface area (Å²) < 4.78 is 5.13. The van der Waals surface area contributed by atoms with Crippen LogP contribution in [0.4, 0.5) is 0 Å². The molecule has 1 aromatic rings. The average molecular weight is 297 g/mol. The molecule has 110 valence electrons. The number of ether oxygens (including phenoxy) is 1. The van der Waals surface area contributed by atoms with Crippen molar-refractivity contribution in [1.82, 2.24) is 5.32 Å². The van der Waals surface area contributed by atoms with Crippen molar-refractivity contribution in [2.45, 2.75) is 12.8 Å². The topological polar surface area (TPSA) is 75.6 Å². The Morgan fingerprint density at radius 3 is 2.85 bits per heavy atom. The Kier molecular flexibility index (Phi) is 6.93. The summed E-state index contributed by atoms with van der Waals surface area (Å²) in [6.45, 7) is 2.29. The van der Waals surface area contributed by atoms with Gasteiger partial charge in [0.05, 0.1) is 18.8 Å². The van der Waals surface area contributed by atoms with Crippen molar-refractivity contribution in [1.29, 1.82) is 0 Å². The van der Waals surface area contributed by atoms with E-state index >= 15 is 0 Å². The van der Waals surface area contributed by atoms with Crippen LogP contribution in [0.2, 0.25) is 0 Å². The molecular weight excluding hydrogens is 278 g/mol. The van der Waals surface area contributed by atoms with Gasteiger partial charge in [-0.2, -0.15) is 0 Å². The van der Waals surface area contributed by atoms with Crippen molar-refractivity contribution in [2.75, 3.05) is 25.2 Å². The van der Waals surface area contributed by atoms with E-state index in [9.17, 15) is 9.59 Å². The second-order valence-electron chi connectivity index (χ2n) is 4.24. The van der Waals surface area contributed by atoms with Gasteiger partial charge >= 0.3 is 5.97 Å². The van der Waals surface area contributed by atoms with Crippen LogP contribution in [-0.2, 0) is 9.59 Å². The van der Waals surface area contributed by atoms with Crippen LogP contribution in [0.5, 0.6) is 5.75 Å². The lowest BCUT2D eigenvalue weighted by Gasteiger charge is -2.13. The Morgan fingerprint density at radius 2 is 2.20 bits per heavy atom. The van der Waals surface area contributed by atoms with Crippen LogP contribution < -0.4 is 10.1 Å². The Morgan fingerprint density at radius 1 is 1.45 bits per heavy atom. The molecule has 2 N–H and O–H groups in total. The molecule has 0 bridgehead atoms. The predicted molar refractivity (Wildman–Crippen MR) is 79.4 cm³/mol. The van der Waals surface area contributed by atoms with E-state index in [-0.39, 0.29) is 17.6 Å². The van der Waals surface area contributed by atoms with Crippen LogP contribution in [0.1, 0.15) is 18.4 Å². The van der Waals surface area contributed by atoms with Gasteiger partial charge in [-0.1, -0.05) is 12.1 Å². The van der Waals surface area contributed by atoms with Gasteiger partial charge in [0.15, 0.2) is 0 Å². The predicted octanol–water partition coefficient (Wildman–Crippen LogP) is 1.73. The van der Waals surface area contributed by atoms with Gasteiger partial charge in [-0.15, -0.1) is 11.8 Å². The van der Waals surface area contributed by atoms with Crippen LogP contribution in [0.15, 0.2) is 24.3 Å². The maximum absolute atomic E-state index is 12.0. The van der Waals surface area contributed by atoms with Gasteiger partial charge in [-0.25, -0.2) is 0 Å². The number of methoxy groups -OCH3 is 1. The van der Waals surface area contributed by atoms with Gasteiger partial charge in [0.1, 0.15) is 5.75 Å². The molecule has 5 nitrogen and oxygen atoms in total. The first kappa shape index (κ1) is 16.4. The van der Waals surface area contributed by atoms with Crippen molar-refractivity contribution in [2.24, 2.45) is 0 Å². The zero-order valence-electron chi connectivity index (χ0n) is 11.6. The second-order valence-corrected chi connectivity index (χ2v) is 5.34. The molecule has 0 aromatic heterocycles. The Balaban J connectivity index is 2.40. The van der Waals surface area contributed by atoms with Crippen molar-refractivity contribution in [3.63, 3.8) is 0 Å². The quantitative estimate of drug-likeness (QED) is 0.715. The highest BCUT2D eigenvalue weighted by Gasteiger charge is 2.15. The zero-order chi connectivity index (χ0) is 15.0. The third kappa shape index (κ3) is 5.52. The number of aliphatic carboxylic acids is 1. The molecule has 6 heteroatoms. The largest absolute Gasteiger partial charge is 0.497 e. The monoisotopic (exact) mass is 297 g/mol. The molecule has 0 saturated heterocycles. The van der Waals surface area contributed by atoms with Crippen LogP contribution in [0, 0.1) is 0 Å². The van der Waals surface area contributed by atoms with Crippen molar-refractivity contribution in [3.8, 4) is 5.75 Å². The van der Waals surface area contributed by atoms with E-state index in [0.717, 1.165) is 11.3 Å². The van der Waals surface area contributed by atoms with Crippen molar-refractivity contribution < 1.29 is 19.4 Å². The molecule has 1 unspecified atom stereocenters. The standard InChI is InChI=1S/C14H19NO4S/c1-10(11-4-3-5-12(8-11)19-2)14(18)15-6-7-20-9-13(16)17/h3-5,8,10H,6-7,9H2,1-2H3,(H,15,18)(H,16,17). The summed E-state index contributed by atoms with van der Waals surface area (Å²) in [5.41, 5.74) is 0.889. The third-order valence-electron chi connectivity index (χ3n) is 2.76. The first-order valence-electron chi connectivity index (χ1n) is 6.25. The van der Waals surface area contributed by atoms with Crippen molar-refractivity contribution in [3.05, 3.63) is 29.8 Å². The molecule has 1 aromatic carbocycles. The molecule has 0 aliphatic heterocycles. The summed E-state index contributed by atoms with van der Waals surface area (Å²) in [5.74, 6) is 0.179. The van der Waals surface area contributed by atoms with Crippen LogP contribution >= 0.6 is 11.8 Å². The maximum Gasteiger partial charge on any atom is 0.313 e. The smallest absolute Gasteiger partial charge is 0.313 e. The number of carboxylic acids is 1. The number of carbonyl (C=O) groups is 2. The number of benzene rings is 1. The fourth-order valence-electron chi connectivity index (χ4n) is 1.62. The summed E-state index contributed by atoms with van der Waals surface area (Å²) in [5, 5.41) is 11.3. The number of thioether (sulfide) groups is 1. The van der Waals surface area contributed by atoms with E-state index in [1.54, 1.807) is 7.11 Å². The highest BCUT2D eigenvalue weighted by atomic mass is 32.2. The molecule has 1 rings (SSSR count). The molecule has 0 aliphatic carbocycles. The van der Waals surface area contributed by atoms with Gasteiger partial charge in [0.25, 0.3) is 0 Å². The van der Waals surface area contributed by atoms with E-state index in [1.807, 2.05) is 31.2 Å². The van der Waals surface area contributed by atoms with Crippen LogP contribution in [0.3, 0.4) is 0 Å². The SMILES string of the molecule is COc1cccc(C(C)C(=O)NCCSCC(=O)O)c1. The number of nitrogens with one attached hydrogen (secondary N) is 1. The average Bonchev–Trinajstić information content (AvgIpc) is 2.45. The Labute approximate surface area is 122 Å². The number of hydrogen-bond acceptors (Lipinski definition) is 4. The first-order chi connectivity index (χ1) is 9.54. The summed E-state index contributed by atoms with van der Waals surface area (Å²) in [6, 6.07) is 7.40. The van der Waals surface area contributed by atoms with Gasteiger partial charge < -0.3 is 15.2 Å². The molecule has 0 spiro atoms. The van der Waals surface area contributed by atoms with E-state index in [2.05, 4.69) is 5.32 Å². The molecule has 0 aliphatic rings. The third-order valence-corrected chi connectivity index (χ3v) is 3.70. The molecule has 0 saturated carbocycles. The highest BCUT2D eigenvalue weighted by Crippen LogP contribution is 2.20. The molecule has 0 radical (unpaired) electrons. The second kappa shape index (κ2) is 8.47. The minimum absolute atomic E-state index is 0.0569. The molecule has 0 heterocycles. The van der Waals surface area contributed by atoms with E-state index in [1.165, 1.54) is 11.8 Å². The number of carboxylic acid groups (broad SMARTS) is 1. The minimum atomic E-state index is -0.842. The highest BCUT2D eigenvalue weighted by molar-refractivity contribution is 7.99. The minimum Gasteiger partial charge on any atom is -0.497 e. The number of amides is 1. The van der Waals surface area contributed by atoms with E-state index < -0.39 is 5.97 Å². The van der Waals surface area contributed by atoms with Gasteiger partial charge in [0.2, 0.25) is 5.91 Å². The molecule has 1 amide bonds. The zero-order valence-corrected chi connectivity index (χ0v) is 12.4. The van der Waals surface area contributed by atoms with Crippen LogP contribution in [-0.4, -0.2) is 42.1 Å². The molecule has 20 heavy (non-hydrogen) atoms.